The second kappa shape index (κ2) is 3.73. The zero-order valence-corrected chi connectivity index (χ0v) is 11.0. The van der Waals surface area contributed by atoms with Crippen LogP contribution >= 0.6 is 0 Å². The minimum absolute atomic E-state index is 0.0247. The molecule has 0 amide bonds. The first kappa shape index (κ1) is 11.9. The van der Waals surface area contributed by atoms with Crippen molar-refractivity contribution >= 4 is 0 Å². The van der Waals surface area contributed by atoms with Crippen LogP contribution in [0.4, 0.5) is 0 Å². The molecule has 1 heteroatoms. The maximum atomic E-state index is 6.27. The van der Waals surface area contributed by atoms with Gasteiger partial charge < -0.3 is 4.74 Å². The van der Waals surface area contributed by atoms with Crippen LogP contribution in [-0.4, -0.2) is 11.2 Å². The summed E-state index contributed by atoms with van der Waals surface area (Å²) in [6.45, 7) is 12.8. The van der Waals surface area contributed by atoms with Crippen molar-refractivity contribution in [3.05, 3.63) is 24.3 Å². The van der Waals surface area contributed by atoms with Crippen molar-refractivity contribution in [2.45, 2.75) is 58.2 Å². The van der Waals surface area contributed by atoms with E-state index < -0.39 is 0 Å². The molecule has 1 heterocycles. The van der Waals surface area contributed by atoms with Gasteiger partial charge in [0.1, 0.15) is 0 Å². The average Bonchev–Trinajstić information content (AvgIpc) is 2.15. The molecule has 1 saturated heterocycles. The zero-order chi connectivity index (χ0) is 12.0. The lowest BCUT2D eigenvalue weighted by Gasteiger charge is -2.52. The summed E-state index contributed by atoms with van der Waals surface area (Å²) in [5, 5.41) is 0. The average molecular weight is 220 g/mol. The number of ether oxygens (including phenoxy) is 1. The van der Waals surface area contributed by atoms with E-state index in [0.717, 1.165) is 6.42 Å². The molecular weight excluding hydrogens is 196 g/mol. The van der Waals surface area contributed by atoms with E-state index in [1.54, 1.807) is 5.57 Å². The summed E-state index contributed by atoms with van der Waals surface area (Å²) in [6.07, 6.45) is 8.04. The third-order valence-corrected chi connectivity index (χ3v) is 4.33. The van der Waals surface area contributed by atoms with Gasteiger partial charge in [-0.25, -0.2) is 0 Å². The fourth-order valence-electron chi connectivity index (χ4n) is 3.54. The number of hydrogen-bond acceptors (Lipinski definition) is 1. The van der Waals surface area contributed by atoms with Crippen LogP contribution in [0.3, 0.4) is 0 Å². The van der Waals surface area contributed by atoms with Crippen molar-refractivity contribution in [1.29, 1.82) is 0 Å². The second-order valence-corrected chi connectivity index (χ2v) is 6.25. The molecule has 0 unspecified atom stereocenters. The summed E-state index contributed by atoms with van der Waals surface area (Å²) in [5.41, 5.74) is 1.37. The van der Waals surface area contributed by atoms with Crippen molar-refractivity contribution in [2.75, 3.05) is 0 Å². The third-order valence-electron chi connectivity index (χ3n) is 4.33. The molecule has 1 aliphatic heterocycles. The summed E-state index contributed by atoms with van der Waals surface area (Å²) in [5.74, 6) is 1.34. The van der Waals surface area contributed by atoms with E-state index in [0.29, 0.717) is 11.8 Å². The molecule has 90 valence electrons. The van der Waals surface area contributed by atoms with Crippen molar-refractivity contribution in [3.8, 4) is 0 Å². The van der Waals surface area contributed by atoms with Gasteiger partial charge in [-0.1, -0.05) is 17.7 Å². The van der Waals surface area contributed by atoms with Gasteiger partial charge in [0, 0.05) is 0 Å². The van der Waals surface area contributed by atoms with Crippen molar-refractivity contribution in [2.24, 2.45) is 11.8 Å². The van der Waals surface area contributed by atoms with Gasteiger partial charge in [0.25, 0.3) is 0 Å². The van der Waals surface area contributed by atoms with Crippen LogP contribution in [-0.2, 0) is 4.74 Å². The summed E-state index contributed by atoms with van der Waals surface area (Å²) in [7, 11) is 0. The van der Waals surface area contributed by atoms with Crippen molar-refractivity contribution < 1.29 is 4.74 Å². The molecule has 16 heavy (non-hydrogen) atoms. The Kier molecular flexibility index (Phi) is 2.78. The van der Waals surface area contributed by atoms with Crippen LogP contribution in [0.5, 0.6) is 0 Å². The molecule has 2 rings (SSSR count). The normalized spacial score (nSPS) is 42.1. The quantitative estimate of drug-likeness (QED) is 0.604. The predicted molar refractivity (Wildman–Crippen MR) is 68.4 cm³/mol. The first-order valence-electron chi connectivity index (χ1n) is 6.37. The molecular formula is C15H24O. The predicted octanol–water partition coefficient (Wildman–Crippen LogP) is 4.10. The molecule has 0 bridgehead atoms. The molecule has 2 aliphatic rings. The molecule has 0 aromatic rings. The van der Waals surface area contributed by atoms with Crippen LogP contribution in [0.2, 0.25) is 0 Å². The fraction of sp³-hybridized carbons (Fsp3) is 0.733. The van der Waals surface area contributed by atoms with E-state index in [2.05, 4.69) is 40.3 Å². The Hall–Kier alpha value is -0.560. The third kappa shape index (κ3) is 1.98. The van der Waals surface area contributed by atoms with Gasteiger partial charge in [0.15, 0.2) is 0 Å². The Bertz CT molecular complexity index is 326. The highest BCUT2D eigenvalue weighted by Gasteiger charge is 2.47. The Morgan fingerprint density at radius 1 is 1.44 bits per heavy atom. The van der Waals surface area contributed by atoms with Gasteiger partial charge in [0.05, 0.1) is 11.2 Å². The van der Waals surface area contributed by atoms with E-state index in [4.69, 9.17) is 4.74 Å². The summed E-state index contributed by atoms with van der Waals surface area (Å²) >= 11 is 0. The fourth-order valence-corrected chi connectivity index (χ4v) is 3.54. The lowest BCUT2D eigenvalue weighted by molar-refractivity contribution is -0.188. The van der Waals surface area contributed by atoms with Crippen LogP contribution in [0.25, 0.3) is 0 Å². The molecule has 1 aliphatic carbocycles. The highest BCUT2D eigenvalue weighted by Crippen LogP contribution is 2.48. The zero-order valence-electron chi connectivity index (χ0n) is 11.0. The summed E-state index contributed by atoms with van der Waals surface area (Å²) in [6, 6.07) is 0. The van der Waals surface area contributed by atoms with E-state index in [9.17, 15) is 0 Å². The first-order chi connectivity index (χ1) is 7.36. The maximum Gasteiger partial charge on any atom is 0.0844 e. The number of fused-ring (bicyclic) bond motifs is 1. The standard InChI is InChI=1S/C15H24O/c1-6-15(5)10-12-9-11(2)7-8-13(12)14(3,4)16-15/h6,9,12-13H,1,7-8,10H2,2-5H3/t12-,13-,15+/m0/s1. The lowest BCUT2D eigenvalue weighted by Crippen LogP contribution is -2.52. The smallest absolute Gasteiger partial charge is 0.0844 e. The van der Waals surface area contributed by atoms with Gasteiger partial charge >= 0.3 is 0 Å². The highest BCUT2D eigenvalue weighted by molar-refractivity contribution is 5.15. The topological polar surface area (TPSA) is 9.23 Å². The Morgan fingerprint density at radius 2 is 2.12 bits per heavy atom. The van der Waals surface area contributed by atoms with Gasteiger partial charge in [-0.05, 0) is 58.8 Å². The van der Waals surface area contributed by atoms with E-state index in [1.165, 1.54) is 12.8 Å². The minimum atomic E-state index is -0.154. The van der Waals surface area contributed by atoms with E-state index in [1.807, 2.05) is 6.08 Å². The van der Waals surface area contributed by atoms with Crippen LogP contribution in [0.15, 0.2) is 24.3 Å². The molecule has 0 aromatic heterocycles. The lowest BCUT2D eigenvalue weighted by atomic mass is 9.66. The van der Waals surface area contributed by atoms with Gasteiger partial charge in [-0.3, -0.25) is 0 Å². The largest absolute Gasteiger partial charge is 0.365 e. The molecule has 3 atom stereocenters. The summed E-state index contributed by atoms with van der Waals surface area (Å²) in [4.78, 5) is 0. The monoisotopic (exact) mass is 220 g/mol. The SMILES string of the molecule is C=C[C@]1(C)C[C@@H]2C=C(C)CC[C@@H]2C(C)(C)O1. The first-order valence-corrected chi connectivity index (χ1v) is 6.37. The molecule has 0 radical (unpaired) electrons. The number of hydrogen-bond donors (Lipinski definition) is 0. The number of rotatable bonds is 1. The van der Waals surface area contributed by atoms with E-state index >= 15 is 0 Å². The maximum absolute atomic E-state index is 6.27. The van der Waals surface area contributed by atoms with Crippen LogP contribution in [0, 0.1) is 11.8 Å². The molecule has 0 spiro atoms. The summed E-state index contributed by atoms with van der Waals surface area (Å²) < 4.78 is 6.27. The Labute approximate surface area is 99.6 Å². The van der Waals surface area contributed by atoms with Gasteiger partial charge in [0.2, 0.25) is 0 Å². The van der Waals surface area contributed by atoms with Crippen molar-refractivity contribution in [3.63, 3.8) is 0 Å². The number of allylic oxidation sites excluding steroid dienone is 2. The van der Waals surface area contributed by atoms with Crippen LogP contribution < -0.4 is 0 Å². The van der Waals surface area contributed by atoms with Crippen LogP contribution in [0.1, 0.15) is 47.0 Å². The molecule has 1 nitrogen and oxygen atoms in total. The van der Waals surface area contributed by atoms with Crippen molar-refractivity contribution in [1.82, 2.24) is 0 Å². The van der Waals surface area contributed by atoms with Gasteiger partial charge in [-0.2, -0.15) is 0 Å². The molecule has 0 aromatic carbocycles. The Balaban J connectivity index is 2.31. The molecule has 1 fully saturated rings. The second-order valence-electron chi connectivity index (χ2n) is 6.25. The highest BCUT2D eigenvalue weighted by atomic mass is 16.5. The molecule has 0 N–H and O–H groups in total. The van der Waals surface area contributed by atoms with E-state index in [-0.39, 0.29) is 11.2 Å². The van der Waals surface area contributed by atoms with Gasteiger partial charge in [-0.15, -0.1) is 6.58 Å². The molecule has 0 saturated carbocycles. The minimum Gasteiger partial charge on any atom is -0.365 e. The Morgan fingerprint density at radius 3 is 2.75 bits per heavy atom.